The standard InChI is InChI=1S/C32H31FN4O5/c1-2-21-6-9-29(26(33)16-21)41-20-23-4-3-5-31(34-23)42-24-10-13-36(14-11-24)19-30-35-27-8-7-22(32(38)39)17-28(27)37(30)18-25-12-15-40-25/h1,3-9,16-17,24-25H,10-15,18-20H2,(H,38,39). The number of imidazole rings is 1. The Hall–Kier alpha value is -4.46. The van der Waals surface area contributed by atoms with Crippen LogP contribution in [0, 0.1) is 18.2 Å². The molecule has 0 radical (unpaired) electrons. The molecule has 216 valence electrons. The van der Waals surface area contributed by atoms with Gasteiger partial charge in [0.25, 0.3) is 0 Å². The van der Waals surface area contributed by atoms with Gasteiger partial charge < -0.3 is 23.9 Å². The van der Waals surface area contributed by atoms with Crippen LogP contribution in [0.5, 0.6) is 11.6 Å². The van der Waals surface area contributed by atoms with Gasteiger partial charge in [-0.2, -0.15) is 0 Å². The summed E-state index contributed by atoms with van der Waals surface area (Å²) in [4.78, 5) is 23.3. The van der Waals surface area contributed by atoms with E-state index in [2.05, 4.69) is 20.4 Å². The minimum Gasteiger partial charge on any atom is -0.484 e. The van der Waals surface area contributed by atoms with E-state index in [1.165, 1.54) is 12.1 Å². The number of piperidine rings is 1. The summed E-state index contributed by atoms with van der Waals surface area (Å²) in [7, 11) is 0. The summed E-state index contributed by atoms with van der Waals surface area (Å²) in [5.74, 6) is 2.46. The number of carbonyl (C=O) groups is 1. The number of aromatic nitrogens is 3. The van der Waals surface area contributed by atoms with Gasteiger partial charge in [-0.3, -0.25) is 4.90 Å². The van der Waals surface area contributed by atoms with Crippen LogP contribution in [0.2, 0.25) is 0 Å². The maximum Gasteiger partial charge on any atom is 0.335 e. The predicted octanol–water partition coefficient (Wildman–Crippen LogP) is 4.66. The topological polar surface area (TPSA) is 98.9 Å². The van der Waals surface area contributed by atoms with Crippen LogP contribution in [0.3, 0.4) is 0 Å². The highest BCUT2D eigenvalue weighted by atomic mass is 19.1. The summed E-state index contributed by atoms with van der Waals surface area (Å²) in [6.07, 6.45) is 8.08. The van der Waals surface area contributed by atoms with Crippen molar-refractivity contribution in [2.45, 2.75) is 51.2 Å². The molecule has 2 fully saturated rings. The molecule has 2 aromatic heterocycles. The number of fused-ring (bicyclic) bond motifs is 1. The SMILES string of the molecule is C#Cc1ccc(OCc2cccc(OC3CCN(Cc4nc5ccc(C(=O)O)cc5n4CC4CCO4)CC3)n2)c(F)c1. The number of hydrogen-bond donors (Lipinski definition) is 1. The molecule has 6 rings (SSSR count). The molecule has 0 saturated carbocycles. The van der Waals surface area contributed by atoms with E-state index in [9.17, 15) is 14.3 Å². The fourth-order valence-corrected chi connectivity index (χ4v) is 5.28. The van der Waals surface area contributed by atoms with Crippen LogP contribution in [0.25, 0.3) is 11.0 Å². The Morgan fingerprint density at radius 3 is 2.67 bits per heavy atom. The van der Waals surface area contributed by atoms with Gasteiger partial charge in [0.1, 0.15) is 18.5 Å². The van der Waals surface area contributed by atoms with Crippen LogP contribution >= 0.6 is 0 Å². The first-order valence-electron chi connectivity index (χ1n) is 14.0. The Morgan fingerprint density at radius 2 is 1.95 bits per heavy atom. The zero-order chi connectivity index (χ0) is 29.1. The molecular formula is C32H31FN4O5. The molecule has 2 aliphatic heterocycles. The molecule has 4 aromatic rings. The van der Waals surface area contributed by atoms with Crippen LogP contribution in [0.4, 0.5) is 4.39 Å². The van der Waals surface area contributed by atoms with Crippen molar-refractivity contribution in [3.63, 3.8) is 0 Å². The second-order valence-corrected chi connectivity index (χ2v) is 10.6. The quantitative estimate of drug-likeness (QED) is 0.275. The summed E-state index contributed by atoms with van der Waals surface area (Å²) < 4.78 is 33.8. The Labute approximate surface area is 242 Å². The number of halogens is 1. The molecule has 9 nitrogen and oxygen atoms in total. The van der Waals surface area contributed by atoms with Crippen LogP contribution < -0.4 is 9.47 Å². The second-order valence-electron chi connectivity index (χ2n) is 10.6. The Balaban J connectivity index is 1.06. The Kier molecular flexibility index (Phi) is 8.04. The van der Waals surface area contributed by atoms with Gasteiger partial charge in [-0.25, -0.2) is 19.2 Å². The number of aromatic carboxylic acids is 1. The molecule has 42 heavy (non-hydrogen) atoms. The predicted molar refractivity (Wildman–Crippen MR) is 153 cm³/mol. The number of benzene rings is 2. The van der Waals surface area contributed by atoms with Crippen molar-refractivity contribution in [2.75, 3.05) is 19.7 Å². The van der Waals surface area contributed by atoms with Gasteiger partial charge >= 0.3 is 5.97 Å². The number of nitrogens with zero attached hydrogens (tertiary/aromatic N) is 4. The van der Waals surface area contributed by atoms with Gasteiger partial charge in [0.05, 0.1) is 41.5 Å². The van der Waals surface area contributed by atoms with Crippen LogP contribution in [0.15, 0.2) is 54.6 Å². The minimum absolute atomic E-state index is 0.0130. The van der Waals surface area contributed by atoms with Crippen molar-refractivity contribution in [1.82, 2.24) is 19.4 Å². The number of pyridine rings is 1. The van der Waals surface area contributed by atoms with E-state index in [-0.39, 0.29) is 30.1 Å². The fraction of sp³-hybridized carbons (Fsp3) is 0.344. The average Bonchev–Trinajstić information content (AvgIpc) is 3.31. The van der Waals surface area contributed by atoms with Crippen LogP contribution in [-0.2, 0) is 24.4 Å². The minimum atomic E-state index is -0.954. The van der Waals surface area contributed by atoms with Gasteiger partial charge in [0.2, 0.25) is 5.88 Å². The molecule has 0 spiro atoms. The maximum absolute atomic E-state index is 14.2. The molecule has 1 atom stereocenters. The lowest BCUT2D eigenvalue weighted by Gasteiger charge is -2.32. The van der Waals surface area contributed by atoms with Gasteiger partial charge in [0, 0.05) is 31.3 Å². The second kappa shape index (κ2) is 12.2. The zero-order valence-corrected chi connectivity index (χ0v) is 23.0. The number of carboxylic acids is 1. The molecule has 1 N–H and O–H groups in total. The molecule has 0 bridgehead atoms. The highest BCUT2D eigenvalue weighted by molar-refractivity contribution is 5.92. The fourth-order valence-electron chi connectivity index (χ4n) is 5.28. The van der Waals surface area contributed by atoms with E-state index in [1.54, 1.807) is 24.3 Å². The van der Waals surface area contributed by atoms with Crippen molar-refractivity contribution in [2.24, 2.45) is 0 Å². The summed E-state index contributed by atoms with van der Waals surface area (Å²) in [5, 5.41) is 9.48. The molecule has 0 aliphatic carbocycles. The Morgan fingerprint density at radius 1 is 1.12 bits per heavy atom. The smallest absolute Gasteiger partial charge is 0.335 e. The molecule has 2 saturated heterocycles. The van der Waals surface area contributed by atoms with E-state index in [1.807, 2.05) is 18.2 Å². The van der Waals surface area contributed by atoms with Crippen molar-refractivity contribution < 1.29 is 28.5 Å². The maximum atomic E-state index is 14.2. The summed E-state index contributed by atoms with van der Waals surface area (Å²) >= 11 is 0. The van der Waals surface area contributed by atoms with E-state index < -0.39 is 11.8 Å². The highest BCUT2D eigenvalue weighted by Gasteiger charge is 2.26. The summed E-state index contributed by atoms with van der Waals surface area (Å²) in [6, 6.07) is 15.0. The van der Waals surface area contributed by atoms with Gasteiger partial charge in [0.15, 0.2) is 11.6 Å². The first kappa shape index (κ1) is 27.7. The molecule has 0 amide bonds. The van der Waals surface area contributed by atoms with Crippen LogP contribution in [0.1, 0.15) is 46.7 Å². The number of likely N-dealkylation sites (tertiary alicyclic amines) is 1. The molecular weight excluding hydrogens is 539 g/mol. The highest BCUT2D eigenvalue weighted by Crippen LogP contribution is 2.25. The average molecular weight is 571 g/mol. The summed E-state index contributed by atoms with van der Waals surface area (Å²) in [5.41, 5.74) is 2.94. The number of carboxylic acid groups (broad SMARTS) is 1. The lowest BCUT2D eigenvalue weighted by molar-refractivity contribution is -0.0592. The lowest BCUT2D eigenvalue weighted by Crippen LogP contribution is -2.39. The largest absolute Gasteiger partial charge is 0.484 e. The number of hydrogen-bond acceptors (Lipinski definition) is 7. The molecule has 1 unspecified atom stereocenters. The first-order chi connectivity index (χ1) is 20.4. The van der Waals surface area contributed by atoms with E-state index >= 15 is 0 Å². The Bertz CT molecular complexity index is 1640. The molecule has 2 aromatic carbocycles. The van der Waals surface area contributed by atoms with Gasteiger partial charge in [-0.1, -0.05) is 12.0 Å². The van der Waals surface area contributed by atoms with Crippen molar-refractivity contribution >= 4 is 17.0 Å². The number of terminal acetylenes is 1. The van der Waals surface area contributed by atoms with Gasteiger partial charge in [-0.15, -0.1) is 6.42 Å². The van der Waals surface area contributed by atoms with E-state index in [0.717, 1.165) is 55.8 Å². The third-order valence-electron chi connectivity index (χ3n) is 7.70. The zero-order valence-electron chi connectivity index (χ0n) is 23.0. The van der Waals surface area contributed by atoms with Crippen molar-refractivity contribution in [3.05, 3.63) is 83.1 Å². The van der Waals surface area contributed by atoms with E-state index in [4.69, 9.17) is 25.6 Å². The number of ether oxygens (including phenoxy) is 3. The third-order valence-corrected chi connectivity index (χ3v) is 7.70. The van der Waals surface area contributed by atoms with Crippen molar-refractivity contribution in [1.29, 1.82) is 0 Å². The summed E-state index contributed by atoms with van der Waals surface area (Å²) in [6.45, 7) is 3.81. The van der Waals surface area contributed by atoms with Gasteiger partial charge in [-0.05, 0) is 61.7 Å². The molecule has 10 heteroatoms. The van der Waals surface area contributed by atoms with E-state index in [0.29, 0.717) is 30.2 Å². The number of rotatable bonds is 10. The van der Waals surface area contributed by atoms with Crippen LogP contribution in [-0.4, -0.2) is 62.4 Å². The monoisotopic (exact) mass is 570 g/mol. The third kappa shape index (κ3) is 6.22. The lowest BCUT2D eigenvalue weighted by atomic mass is 10.1. The molecule has 2 aliphatic rings. The molecule has 4 heterocycles. The normalized spacial score (nSPS) is 17.5. The first-order valence-corrected chi connectivity index (χ1v) is 14.0. The van der Waals surface area contributed by atoms with Crippen molar-refractivity contribution in [3.8, 4) is 24.0 Å².